The third-order valence-electron chi connectivity index (χ3n) is 3.60. The first-order chi connectivity index (χ1) is 14.0. The van der Waals surface area contributed by atoms with Gasteiger partial charge < -0.3 is 9.31 Å². The molecule has 20 heavy (non-hydrogen) atoms. The van der Waals surface area contributed by atoms with Crippen molar-refractivity contribution in [2.24, 2.45) is 0 Å². The molecule has 1 fully saturated rings. The predicted molar refractivity (Wildman–Crippen MR) is 88.6 cm³/mol. The number of hydrogen-bond acceptors (Lipinski definition) is 2. The molecule has 0 aliphatic carbocycles. The molecular weight excluding hydrogens is 315 g/mol. The normalized spacial score (nSPS) is 31.9. The third-order valence-corrected chi connectivity index (χ3v) is 4.00. The maximum atomic E-state index is 8.67. The Morgan fingerprint density at radius 3 is 2.15 bits per heavy atom. The zero-order valence-electron chi connectivity index (χ0n) is 23.8. The molecule has 1 aliphatic rings. The largest absolute Gasteiger partial charge is 0.494 e. The molecule has 0 bridgehead atoms. The lowest BCUT2D eigenvalue weighted by Gasteiger charge is -2.32. The van der Waals surface area contributed by atoms with Gasteiger partial charge in [0.1, 0.15) is 0 Å². The van der Waals surface area contributed by atoms with Crippen LogP contribution in [0.2, 0.25) is 0 Å². The van der Waals surface area contributed by atoms with E-state index in [1.54, 1.807) is 27.7 Å². The average molecular weight is 351 g/mol. The van der Waals surface area contributed by atoms with E-state index in [1.807, 2.05) is 0 Å². The van der Waals surface area contributed by atoms with Crippen molar-refractivity contribution < 1.29 is 25.8 Å². The molecule has 0 saturated carbocycles. The molecule has 1 aromatic rings. The highest BCUT2D eigenvalue weighted by molar-refractivity contribution is 9.10. The number of rotatable bonds is 1. The Labute approximate surface area is 148 Å². The van der Waals surface area contributed by atoms with Crippen molar-refractivity contribution in [2.45, 2.75) is 64.9 Å². The van der Waals surface area contributed by atoms with Crippen LogP contribution in [0, 0.1) is 0 Å². The van der Waals surface area contributed by atoms with Crippen molar-refractivity contribution in [3.05, 3.63) is 28.2 Å². The van der Waals surface area contributed by atoms with Crippen molar-refractivity contribution >= 4 is 28.5 Å². The van der Waals surface area contributed by atoms with Gasteiger partial charge in [-0.25, -0.2) is 0 Å². The standard InChI is InChI=1S/C16H24BBrO2/c1-14(2,3)11-8-12(10-13(18)9-11)17-19-15(4,5)16(6,7)20-17/h8-10H,1-7H3/i1D3,2D3,3D3,8D,9D,10D. The molecular formula is C16H24BBrO2. The Bertz CT molecular complexity index is 868. The summed E-state index contributed by atoms with van der Waals surface area (Å²) in [6, 6.07) is -2.23. The lowest BCUT2D eigenvalue weighted by molar-refractivity contribution is 0.00578. The molecule has 0 amide bonds. The smallest absolute Gasteiger partial charge is 0.399 e. The summed E-state index contributed by atoms with van der Waals surface area (Å²) in [6.07, 6.45) is 0. The maximum Gasteiger partial charge on any atom is 0.494 e. The maximum absolute atomic E-state index is 8.67. The highest BCUT2D eigenvalue weighted by atomic mass is 79.9. The fourth-order valence-corrected chi connectivity index (χ4v) is 2.13. The van der Waals surface area contributed by atoms with Gasteiger partial charge in [0.05, 0.1) is 15.3 Å². The fraction of sp³-hybridized carbons (Fsp3) is 0.625. The van der Waals surface area contributed by atoms with E-state index in [1.165, 1.54) is 0 Å². The number of benzene rings is 1. The molecule has 1 saturated heterocycles. The van der Waals surface area contributed by atoms with Crippen molar-refractivity contribution in [3.63, 3.8) is 0 Å². The van der Waals surface area contributed by atoms with Crippen molar-refractivity contribution in [3.8, 4) is 0 Å². The zero-order valence-corrected chi connectivity index (χ0v) is 13.4. The lowest BCUT2D eigenvalue weighted by Crippen LogP contribution is -2.41. The van der Waals surface area contributed by atoms with Gasteiger partial charge in [0.2, 0.25) is 0 Å². The summed E-state index contributed by atoms with van der Waals surface area (Å²) < 4.78 is 108. The monoisotopic (exact) mass is 350 g/mol. The van der Waals surface area contributed by atoms with Gasteiger partial charge in [0.25, 0.3) is 0 Å². The van der Waals surface area contributed by atoms with Gasteiger partial charge in [-0.1, -0.05) is 42.5 Å². The zero-order chi connectivity index (χ0) is 25.5. The molecule has 0 atom stereocenters. The van der Waals surface area contributed by atoms with Gasteiger partial charge in [-0.15, -0.1) is 0 Å². The first kappa shape index (κ1) is 6.43. The molecule has 4 heteroatoms. The van der Waals surface area contributed by atoms with Gasteiger partial charge in [-0.3, -0.25) is 0 Å². The Balaban J connectivity index is 3.06. The Kier molecular flexibility index (Phi) is 1.56. The van der Waals surface area contributed by atoms with Gasteiger partial charge in [-0.05, 0) is 56.2 Å². The molecule has 0 radical (unpaired) electrons. The third kappa shape index (κ3) is 2.97. The second-order valence-corrected chi connectivity index (χ2v) is 6.61. The molecule has 0 N–H and O–H groups in total. The van der Waals surface area contributed by atoms with Crippen LogP contribution >= 0.6 is 15.9 Å². The van der Waals surface area contributed by atoms with E-state index in [2.05, 4.69) is 15.9 Å². The molecule has 0 spiro atoms. The summed E-state index contributed by atoms with van der Waals surface area (Å²) in [5.41, 5.74) is -6.81. The van der Waals surface area contributed by atoms with Crippen molar-refractivity contribution in [1.29, 1.82) is 0 Å². The highest BCUT2D eigenvalue weighted by Gasteiger charge is 2.51. The molecule has 1 aromatic carbocycles. The summed E-state index contributed by atoms with van der Waals surface area (Å²) in [4.78, 5) is 0. The lowest BCUT2D eigenvalue weighted by atomic mass is 9.75. The summed E-state index contributed by atoms with van der Waals surface area (Å²) >= 11 is 2.99. The minimum atomic E-state index is -3.66. The number of hydrogen-bond donors (Lipinski definition) is 0. The summed E-state index contributed by atoms with van der Waals surface area (Å²) in [5.74, 6) is 0. The number of halogens is 1. The Morgan fingerprint density at radius 2 is 1.65 bits per heavy atom. The summed E-state index contributed by atoms with van der Waals surface area (Å²) in [6.45, 7) is -4.18. The molecule has 110 valence electrons. The predicted octanol–water partition coefficient (Wildman–Crippen LogP) is 4.05. The van der Waals surface area contributed by atoms with E-state index in [-0.39, 0.29) is 9.94 Å². The van der Waals surface area contributed by atoms with Crippen LogP contribution in [0.1, 0.15) is 70.3 Å². The van der Waals surface area contributed by atoms with E-state index in [9.17, 15) is 0 Å². The van der Waals surface area contributed by atoms with E-state index >= 15 is 0 Å². The van der Waals surface area contributed by atoms with Gasteiger partial charge in [0, 0.05) is 16.8 Å². The van der Waals surface area contributed by atoms with Crippen LogP contribution in [0.5, 0.6) is 0 Å². The Morgan fingerprint density at radius 1 is 1.10 bits per heavy atom. The minimum Gasteiger partial charge on any atom is -0.399 e. The van der Waals surface area contributed by atoms with Crippen LogP contribution in [-0.4, -0.2) is 18.3 Å². The van der Waals surface area contributed by atoms with Crippen LogP contribution in [-0.2, 0) is 14.7 Å². The topological polar surface area (TPSA) is 18.5 Å². The Hall–Kier alpha value is -0.315. The van der Waals surface area contributed by atoms with Crippen LogP contribution in [0.3, 0.4) is 0 Å². The van der Waals surface area contributed by atoms with Crippen LogP contribution in [0.15, 0.2) is 22.6 Å². The van der Waals surface area contributed by atoms with Gasteiger partial charge in [0.15, 0.2) is 0 Å². The van der Waals surface area contributed by atoms with Gasteiger partial charge in [-0.2, -0.15) is 0 Å². The molecule has 0 aromatic heterocycles. The molecule has 2 rings (SSSR count). The van der Waals surface area contributed by atoms with Gasteiger partial charge >= 0.3 is 7.12 Å². The highest BCUT2D eigenvalue weighted by Crippen LogP contribution is 2.37. The SMILES string of the molecule is [2H]c1c(Br)c([2H])c(C(C([2H])([2H])[2H])(C([2H])([2H])[2H])C([2H])([2H])[2H])c([2H])c1B1OC(C)(C)C(C)(C)O1. The summed E-state index contributed by atoms with van der Waals surface area (Å²) in [5, 5.41) is 0. The van der Waals surface area contributed by atoms with E-state index in [0.717, 1.165) is 0 Å². The molecule has 1 heterocycles. The van der Waals surface area contributed by atoms with E-state index < -0.39 is 68.0 Å². The fourth-order valence-electron chi connectivity index (χ4n) is 1.72. The average Bonchev–Trinajstić information content (AvgIpc) is 2.73. The second-order valence-electron chi connectivity index (χ2n) is 5.82. The molecule has 0 unspecified atom stereocenters. The second kappa shape index (κ2) is 4.86. The quantitative estimate of drug-likeness (QED) is 0.711. The van der Waals surface area contributed by atoms with Crippen LogP contribution in [0.4, 0.5) is 0 Å². The molecule has 1 aliphatic heterocycles. The van der Waals surface area contributed by atoms with Crippen molar-refractivity contribution in [2.75, 3.05) is 0 Å². The van der Waals surface area contributed by atoms with Crippen LogP contribution in [0.25, 0.3) is 0 Å². The first-order valence-corrected chi connectivity index (χ1v) is 6.90. The minimum absolute atomic E-state index is 0.358. The van der Waals surface area contributed by atoms with Crippen LogP contribution < -0.4 is 5.46 Å². The molecule has 2 nitrogen and oxygen atoms in total. The van der Waals surface area contributed by atoms with E-state index in [0.29, 0.717) is 0 Å². The van der Waals surface area contributed by atoms with Crippen molar-refractivity contribution in [1.82, 2.24) is 0 Å². The summed E-state index contributed by atoms with van der Waals surface area (Å²) in [7, 11) is -1.39. The first-order valence-electron chi connectivity index (χ1n) is 12.1. The van der Waals surface area contributed by atoms with E-state index in [4.69, 9.17) is 25.8 Å².